The Morgan fingerprint density at radius 3 is 2.94 bits per heavy atom. The van der Waals surface area contributed by atoms with Crippen molar-refractivity contribution in [3.63, 3.8) is 0 Å². The number of ether oxygens (including phenoxy) is 1. The van der Waals surface area contributed by atoms with E-state index < -0.39 is 0 Å². The number of hydrogen-bond acceptors (Lipinski definition) is 4. The van der Waals surface area contributed by atoms with Gasteiger partial charge in [-0.15, -0.1) is 0 Å². The van der Waals surface area contributed by atoms with Gasteiger partial charge in [0.1, 0.15) is 11.5 Å². The number of amidine groups is 1. The molecule has 0 aliphatic rings. The molecule has 2 rings (SSSR count). The van der Waals surface area contributed by atoms with Crippen molar-refractivity contribution < 1.29 is 4.74 Å². The summed E-state index contributed by atoms with van der Waals surface area (Å²) in [6, 6.07) is 5.08. The van der Waals surface area contributed by atoms with Gasteiger partial charge in [0.15, 0.2) is 5.75 Å². The van der Waals surface area contributed by atoms with Crippen LogP contribution in [-0.4, -0.2) is 20.6 Å². The van der Waals surface area contributed by atoms with Crippen LogP contribution in [0, 0.1) is 5.41 Å². The van der Waals surface area contributed by atoms with E-state index in [4.69, 9.17) is 15.9 Å². The number of aryl methyl sites for hydroxylation is 1. The first kappa shape index (κ1) is 10.2. The summed E-state index contributed by atoms with van der Waals surface area (Å²) in [6.45, 7) is 0. The Bertz CT molecular complexity index is 519. The summed E-state index contributed by atoms with van der Waals surface area (Å²) in [5.74, 6) is 0.896. The van der Waals surface area contributed by atoms with Crippen LogP contribution in [0.25, 0.3) is 0 Å². The molecule has 0 saturated carbocycles. The van der Waals surface area contributed by atoms with Crippen LogP contribution in [-0.2, 0) is 7.05 Å². The number of nitrogen functional groups attached to an aromatic ring is 1. The minimum atomic E-state index is -0.0864. The van der Waals surface area contributed by atoms with E-state index in [1.807, 2.05) is 0 Å². The maximum Gasteiger partial charge on any atom is 0.220 e. The van der Waals surface area contributed by atoms with Gasteiger partial charge in [0.05, 0.1) is 12.4 Å². The molecule has 0 fully saturated rings. The molecule has 2 aromatic rings. The molecule has 0 radical (unpaired) electrons. The zero-order chi connectivity index (χ0) is 11.5. The second-order valence-corrected chi connectivity index (χ2v) is 3.23. The summed E-state index contributed by atoms with van der Waals surface area (Å²) in [5.41, 5.74) is 5.72. The molecule has 0 unspecified atom stereocenters. The molecule has 0 spiro atoms. The van der Waals surface area contributed by atoms with Crippen LogP contribution in [0.4, 0.5) is 0 Å². The van der Waals surface area contributed by atoms with Crippen molar-refractivity contribution in [2.24, 2.45) is 12.8 Å². The number of rotatable bonds is 3. The molecule has 82 valence electrons. The predicted octanol–water partition coefficient (Wildman–Crippen LogP) is 0.891. The molecule has 0 bridgehead atoms. The van der Waals surface area contributed by atoms with Crippen molar-refractivity contribution in [1.82, 2.24) is 14.8 Å². The highest BCUT2D eigenvalue weighted by Gasteiger charge is 2.03. The molecule has 2 heterocycles. The van der Waals surface area contributed by atoms with Crippen molar-refractivity contribution in [2.45, 2.75) is 0 Å². The Kier molecular flexibility index (Phi) is 2.55. The molecule has 0 aromatic carbocycles. The van der Waals surface area contributed by atoms with E-state index in [1.54, 1.807) is 42.3 Å². The molecule has 0 amide bonds. The zero-order valence-corrected chi connectivity index (χ0v) is 8.71. The van der Waals surface area contributed by atoms with Gasteiger partial charge in [-0.25, -0.2) is 4.98 Å². The van der Waals surface area contributed by atoms with Crippen LogP contribution in [0.3, 0.4) is 0 Å². The fraction of sp³-hybridized carbons (Fsp3) is 0.100. The maximum absolute atomic E-state index is 7.26. The Labute approximate surface area is 92.2 Å². The van der Waals surface area contributed by atoms with Crippen LogP contribution in [0.15, 0.2) is 30.6 Å². The van der Waals surface area contributed by atoms with Gasteiger partial charge in [-0.3, -0.25) is 10.1 Å². The summed E-state index contributed by atoms with van der Waals surface area (Å²) >= 11 is 0. The quantitative estimate of drug-likeness (QED) is 0.590. The molecule has 0 aliphatic heterocycles. The second-order valence-electron chi connectivity index (χ2n) is 3.23. The third-order valence-corrected chi connectivity index (χ3v) is 1.90. The average Bonchev–Trinajstić information content (AvgIpc) is 2.64. The van der Waals surface area contributed by atoms with E-state index in [0.29, 0.717) is 17.3 Å². The van der Waals surface area contributed by atoms with E-state index in [1.165, 1.54) is 0 Å². The SMILES string of the molecule is Cn1cc(Oc2cccc(C(=N)N)n2)cn1. The molecule has 0 saturated heterocycles. The third kappa shape index (κ3) is 2.17. The topological polar surface area (TPSA) is 89.8 Å². The van der Waals surface area contributed by atoms with Crippen molar-refractivity contribution in [3.05, 3.63) is 36.3 Å². The van der Waals surface area contributed by atoms with Crippen molar-refractivity contribution in [2.75, 3.05) is 0 Å². The summed E-state index contributed by atoms with van der Waals surface area (Å²) < 4.78 is 7.07. The van der Waals surface area contributed by atoms with E-state index in [-0.39, 0.29) is 5.84 Å². The molecule has 3 N–H and O–H groups in total. The van der Waals surface area contributed by atoms with Gasteiger partial charge in [0.2, 0.25) is 5.88 Å². The van der Waals surface area contributed by atoms with Crippen LogP contribution < -0.4 is 10.5 Å². The standard InChI is InChI=1S/C10H11N5O/c1-15-6-7(5-13-15)16-9-4-2-3-8(14-9)10(11)12/h2-6H,1H3,(H3,11,12). The normalized spacial score (nSPS) is 10.1. The van der Waals surface area contributed by atoms with Gasteiger partial charge >= 0.3 is 0 Å². The fourth-order valence-corrected chi connectivity index (χ4v) is 1.19. The first-order chi connectivity index (χ1) is 7.65. The van der Waals surface area contributed by atoms with Crippen LogP contribution in [0.2, 0.25) is 0 Å². The average molecular weight is 217 g/mol. The number of aromatic nitrogens is 3. The van der Waals surface area contributed by atoms with Gasteiger partial charge in [-0.1, -0.05) is 6.07 Å². The summed E-state index contributed by atoms with van der Waals surface area (Å²) in [7, 11) is 1.80. The highest BCUT2D eigenvalue weighted by molar-refractivity contribution is 5.93. The largest absolute Gasteiger partial charge is 0.436 e. The molecular weight excluding hydrogens is 206 g/mol. The number of nitrogens with zero attached hydrogens (tertiary/aromatic N) is 3. The van der Waals surface area contributed by atoms with E-state index >= 15 is 0 Å². The number of nitrogens with two attached hydrogens (primary N) is 1. The van der Waals surface area contributed by atoms with E-state index in [0.717, 1.165) is 0 Å². The third-order valence-electron chi connectivity index (χ3n) is 1.90. The van der Waals surface area contributed by atoms with Gasteiger partial charge in [0, 0.05) is 13.1 Å². The lowest BCUT2D eigenvalue weighted by Gasteiger charge is -2.03. The predicted molar refractivity (Wildman–Crippen MR) is 58.5 cm³/mol. The first-order valence-electron chi connectivity index (χ1n) is 4.63. The lowest BCUT2D eigenvalue weighted by Crippen LogP contribution is -2.12. The molecule has 0 atom stereocenters. The van der Waals surface area contributed by atoms with E-state index in [2.05, 4.69) is 10.1 Å². The smallest absolute Gasteiger partial charge is 0.220 e. The number of nitrogens with one attached hydrogen (secondary N) is 1. The Morgan fingerprint density at radius 2 is 2.31 bits per heavy atom. The number of hydrogen-bond donors (Lipinski definition) is 2. The molecule has 0 aliphatic carbocycles. The van der Waals surface area contributed by atoms with Gasteiger partial charge < -0.3 is 10.5 Å². The van der Waals surface area contributed by atoms with Crippen LogP contribution in [0.5, 0.6) is 11.6 Å². The summed E-state index contributed by atoms with van der Waals surface area (Å²) in [6.07, 6.45) is 3.31. The zero-order valence-electron chi connectivity index (χ0n) is 8.71. The molecule has 6 heteroatoms. The van der Waals surface area contributed by atoms with Gasteiger partial charge in [-0.2, -0.15) is 5.10 Å². The van der Waals surface area contributed by atoms with Crippen LogP contribution in [0.1, 0.15) is 5.69 Å². The number of pyridine rings is 1. The minimum Gasteiger partial charge on any atom is -0.436 e. The van der Waals surface area contributed by atoms with Crippen molar-refractivity contribution in [3.8, 4) is 11.6 Å². The lowest BCUT2D eigenvalue weighted by molar-refractivity contribution is 0.462. The molecule has 6 nitrogen and oxygen atoms in total. The Balaban J connectivity index is 2.21. The molecule has 16 heavy (non-hydrogen) atoms. The van der Waals surface area contributed by atoms with E-state index in [9.17, 15) is 0 Å². The minimum absolute atomic E-state index is 0.0864. The monoisotopic (exact) mass is 217 g/mol. The first-order valence-corrected chi connectivity index (χ1v) is 4.63. The van der Waals surface area contributed by atoms with Gasteiger partial charge in [-0.05, 0) is 6.07 Å². The van der Waals surface area contributed by atoms with Crippen molar-refractivity contribution >= 4 is 5.84 Å². The van der Waals surface area contributed by atoms with Crippen molar-refractivity contribution in [1.29, 1.82) is 5.41 Å². The lowest BCUT2D eigenvalue weighted by atomic mass is 10.3. The van der Waals surface area contributed by atoms with Crippen LogP contribution >= 0.6 is 0 Å². The Morgan fingerprint density at radius 1 is 1.50 bits per heavy atom. The highest BCUT2D eigenvalue weighted by atomic mass is 16.5. The highest BCUT2D eigenvalue weighted by Crippen LogP contribution is 2.17. The van der Waals surface area contributed by atoms with Gasteiger partial charge in [0.25, 0.3) is 0 Å². The maximum atomic E-state index is 7.26. The fourth-order valence-electron chi connectivity index (χ4n) is 1.19. The molecular formula is C10H11N5O. The summed E-state index contributed by atoms with van der Waals surface area (Å²) in [5, 5.41) is 11.2. The molecule has 2 aromatic heterocycles. The summed E-state index contributed by atoms with van der Waals surface area (Å²) in [4.78, 5) is 4.07. The second kappa shape index (κ2) is 4.01. The Hall–Kier alpha value is -2.37.